The van der Waals surface area contributed by atoms with Crippen molar-refractivity contribution in [1.82, 2.24) is 10.6 Å². The minimum absolute atomic E-state index is 0.144. The summed E-state index contributed by atoms with van der Waals surface area (Å²) in [5, 5.41) is 35.9. The van der Waals surface area contributed by atoms with E-state index in [2.05, 4.69) is 10.6 Å². The van der Waals surface area contributed by atoms with Crippen LogP contribution in [0, 0.1) is 21.4 Å². The number of ether oxygens (including phenoxy) is 1. The average Bonchev–Trinajstić information content (AvgIpc) is 2.49. The molecule has 0 radical (unpaired) electrons. The van der Waals surface area contributed by atoms with Crippen molar-refractivity contribution in [3.63, 3.8) is 0 Å². The van der Waals surface area contributed by atoms with Crippen LogP contribution in [-0.4, -0.2) is 28.8 Å². The molecule has 122 valence electrons. The maximum atomic E-state index is 10.7. The van der Waals surface area contributed by atoms with Gasteiger partial charge < -0.3 is 20.5 Å². The Bertz CT molecular complexity index is 693. The van der Waals surface area contributed by atoms with E-state index in [9.17, 15) is 15.2 Å². The zero-order valence-electron chi connectivity index (χ0n) is 13.0. The highest BCUT2D eigenvalue weighted by molar-refractivity contribution is 5.46. The van der Waals surface area contributed by atoms with E-state index in [0.29, 0.717) is 16.9 Å². The van der Waals surface area contributed by atoms with Crippen molar-refractivity contribution < 1.29 is 14.8 Å². The Hall–Kier alpha value is -2.79. The largest absolute Gasteiger partial charge is 0.485 e. The molecule has 3 N–H and O–H groups in total. The monoisotopic (exact) mass is 318 g/mol. The van der Waals surface area contributed by atoms with Crippen LogP contribution in [0.3, 0.4) is 0 Å². The molecule has 1 aromatic carbocycles. The summed E-state index contributed by atoms with van der Waals surface area (Å²) >= 11 is 0. The van der Waals surface area contributed by atoms with E-state index in [0.717, 1.165) is 6.20 Å². The second kappa shape index (κ2) is 6.14. The number of nitrogens with one attached hydrogen (secondary N) is 2. The number of fused-ring (bicyclic) bond motifs is 1. The molecular formula is C15H18N4O4. The molecule has 0 saturated carbocycles. The predicted molar refractivity (Wildman–Crippen MR) is 81.9 cm³/mol. The van der Waals surface area contributed by atoms with Gasteiger partial charge in [0.2, 0.25) is 0 Å². The van der Waals surface area contributed by atoms with Crippen LogP contribution < -0.4 is 15.4 Å². The SMILES string of the molecule is CN/C(=C\[N+](=O)[O-])NC1c2cc(C#N)ccc2OC(C)(C)[C@H]1O. The molecule has 0 amide bonds. The predicted octanol–water partition coefficient (Wildman–Crippen LogP) is 1.02. The Morgan fingerprint density at radius 1 is 1.57 bits per heavy atom. The third kappa shape index (κ3) is 3.35. The molecule has 2 rings (SSSR count). The van der Waals surface area contributed by atoms with Crippen LogP contribution >= 0.6 is 0 Å². The Labute approximate surface area is 133 Å². The zero-order valence-corrected chi connectivity index (χ0v) is 13.0. The van der Waals surface area contributed by atoms with Gasteiger partial charge in [0.15, 0.2) is 5.82 Å². The fourth-order valence-corrected chi connectivity index (χ4v) is 2.47. The fourth-order valence-electron chi connectivity index (χ4n) is 2.47. The van der Waals surface area contributed by atoms with E-state index in [1.165, 1.54) is 7.05 Å². The van der Waals surface area contributed by atoms with Gasteiger partial charge in [0.1, 0.15) is 17.5 Å². The van der Waals surface area contributed by atoms with E-state index in [-0.39, 0.29) is 5.82 Å². The number of benzene rings is 1. The number of nitrogens with zero attached hydrogens (tertiary/aromatic N) is 2. The van der Waals surface area contributed by atoms with E-state index >= 15 is 0 Å². The Morgan fingerprint density at radius 2 is 2.26 bits per heavy atom. The van der Waals surface area contributed by atoms with Gasteiger partial charge in [0.05, 0.1) is 22.6 Å². The molecule has 0 saturated heterocycles. The second-order valence-electron chi connectivity index (χ2n) is 5.71. The summed E-state index contributed by atoms with van der Waals surface area (Å²) in [6, 6.07) is 6.25. The number of hydrogen-bond acceptors (Lipinski definition) is 7. The number of aliphatic hydroxyl groups is 1. The lowest BCUT2D eigenvalue weighted by molar-refractivity contribution is -0.404. The van der Waals surface area contributed by atoms with Gasteiger partial charge in [-0.3, -0.25) is 10.1 Å². The van der Waals surface area contributed by atoms with Crippen LogP contribution in [0.1, 0.15) is 31.0 Å². The molecule has 1 unspecified atom stereocenters. The molecular weight excluding hydrogens is 300 g/mol. The number of hydrogen-bond donors (Lipinski definition) is 3. The van der Waals surface area contributed by atoms with Gasteiger partial charge in [-0.1, -0.05) is 0 Å². The summed E-state index contributed by atoms with van der Waals surface area (Å²) in [5.74, 6) is 0.665. The van der Waals surface area contributed by atoms with E-state index < -0.39 is 22.7 Å². The Morgan fingerprint density at radius 3 is 2.83 bits per heavy atom. The summed E-state index contributed by atoms with van der Waals surface area (Å²) in [6.07, 6.45) is -0.198. The van der Waals surface area contributed by atoms with Crippen LogP contribution in [0.5, 0.6) is 5.75 Å². The zero-order chi connectivity index (χ0) is 17.2. The lowest BCUT2D eigenvalue weighted by Crippen LogP contribution is -2.53. The first kappa shape index (κ1) is 16.6. The number of nitriles is 1. The highest BCUT2D eigenvalue weighted by Crippen LogP contribution is 2.40. The molecule has 0 aromatic heterocycles. The summed E-state index contributed by atoms with van der Waals surface area (Å²) in [7, 11) is 1.53. The van der Waals surface area contributed by atoms with Crippen LogP contribution in [0.25, 0.3) is 0 Å². The minimum Gasteiger partial charge on any atom is -0.485 e. The lowest BCUT2D eigenvalue weighted by atomic mass is 9.86. The van der Waals surface area contributed by atoms with Crippen LogP contribution in [0.4, 0.5) is 0 Å². The molecule has 1 aliphatic rings. The van der Waals surface area contributed by atoms with Gasteiger partial charge in [-0.2, -0.15) is 5.26 Å². The maximum absolute atomic E-state index is 10.7. The molecule has 0 fully saturated rings. The van der Waals surface area contributed by atoms with Crippen LogP contribution in [0.15, 0.2) is 30.2 Å². The third-order valence-corrected chi connectivity index (χ3v) is 3.69. The second-order valence-corrected chi connectivity index (χ2v) is 5.71. The van der Waals surface area contributed by atoms with Gasteiger partial charge in [0, 0.05) is 12.6 Å². The van der Waals surface area contributed by atoms with Gasteiger partial charge in [-0.25, -0.2) is 0 Å². The van der Waals surface area contributed by atoms with E-state index in [1.807, 2.05) is 6.07 Å². The summed E-state index contributed by atoms with van der Waals surface area (Å²) in [6.45, 7) is 3.45. The van der Waals surface area contributed by atoms with Crippen molar-refractivity contribution in [1.29, 1.82) is 5.26 Å². The standard InChI is InChI=1S/C15H18N4O4/c1-15(2)14(20)13(18-12(17-3)8-19(21)22)10-6-9(7-16)4-5-11(10)23-15/h4-6,8,13-14,17-18,20H,1-3H3/b12-8+/t13?,14-/m0/s1. The van der Waals surface area contributed by atoms with E-state index in [4.69, 9.17) is 10.00 Å². The van der Waals surface area contributed by atoms with Gasteiger partial charge in [0.25, 0.3) is 6.20 Å². The first-order valence-electron chi connectivity index (χ1n) is 6.99. The molecule has 8 nitrogen and oxygen atoms in total. The van der Waals surface area contributed by atoms with Crippen molar-refractivity contribution in [3.05, 3.63) is 51.5 Å². The molecule has 23 heavy (non-hydrogen) atoms. The third-order valence-electron chi connectivity index (χ3n) is 3.69. The summed E-state index contributed by atoms with van der Waals surface area (Å²) in [4.78, 5) is 10.1. The van der Waals surface area contributed by atoms with Crippen molar-refractivity contribution in [3.8, 4) is 11.8 Å². The number of aliphatic hydroxyl groups excluding tert-OH is 1. The molecule has 1 aromatic rings. The average molecular weight is 318 g/mol. The Kier molecular flexibility index (Phi) is 4.43. The number of rotatable bonds is 4. The highest BCUT2D eigenvalue weighted by Gasteiger charge is 2.43. The lowest BCUT2D eigenvalue weighted by Gasteiger charge is -2.42. The molecule has 0 bridgehead atoms. The van der Waals surface area contributed by atoms with Crippen LogP contribution in [0.2, 0.25) is 0 Å². The van der Waals surface area contributed by atoms with Crippen molar-refractivity contribution in [2.45, 2.75) is 31.6 Å². The van der Waals surface area contributed by atoms with Crippen LogP contribution in [-0.2, 0) is 0 Å². The first-order valence-corrected chi connectivity index (χ1v) is 6.99. The van der Waals surface area contributed by atoms with Gasteiger partial charge in [-0.05, 0) is 32.0 Å². The van der Waals surface area contributed by atoms with E-state index in [1.54, 1.807) is 32.0 Å². The van der Waals surface area contributed by atoms with Crippen molar-refractivity contribution in [2.75, 3.05) is 7.05 Å². The van der Waals surface area contributed by atoms with Crippen molar-refractivity contribution in [2.24, 2.45) is 0 Å². The van der Waals surface area contributed by atoms with Crippen molar-refractivity contribution >= 4 is 0 Å². The molecule has 0 spiro atoms. The first-order chi connectivity index (χ1) is 10.8. The number of nitro groups is 1. The maximum Gasteiger partial charge on any atom is 0.274 e. The molecule has 0 aliphatic carbocycles. The van der Waals surface area contributed by atoms with Gasteiger partial charge >= 0.3 is 0 Å². The molecule has 2 atom stereocenters. The highest BCUT2D eigenvalue weighted by atomic mass is 16.6. The quantitative estimate of drug-likeness (QED) is 0.559. The molecule has 1 aliphatic heterocycles. The fraction of sp³-hybridized carbons (Fsp3) is 0.400. The Balaban J connectivity index is 2.48. The molecule has 1 heterocycles. The summed E-state index contributed by atoms with van der Waals surface area (Å²) < 4.78 is 5.78. The normalized spacial score (nSPS) is 22.3. The smallest absolute Gasteiger partial charge is 0.274 e. The summed E-state index contributed by atoms with van der Waals surface area (Å²) in [5.41, 5.74) is 0.0856. The minimum atomic E-state index is -0.979. The topological polar surface area (TPSA) is 120 Å². The molecule has 8 heteroatoms. The van der Waals surface area contributed by atoms with Gasteiger partial charge in [-0.15, -0.1) is 0 Å².